The van der Waals surface area contributed by atoms with Crippen LogP contribution < -0.4 is 19.5 Å². The molecule has 0 unspecified atom stereocenters. The molecule has 4 aromatic rings. The van der Waals surface area contributed by atoms with Gasteiger partial charge in [0.2, 0.25) is 12.7 Å². The first-order valence-corrected chi connectivity index (χ1v) is 13.9. The van der Waals surface area contributed by atoms with Crippen molar-refractivity contribution in [1.29, 1.82) is 0 Å². The molecule has 1 saturated heterocycles. The van der Waals surface area contributed by atoms with Crippen LogP contribution in [0, 0.1) is 5.92 Å². The van der Waals surface area contributed by atoms with Gasteiger partial charge in [-0.2, -0.15) is 0 Å². The molecule has 42 heavy (non-hydrogen) atoms. The largest absolute Gasteiger partial charge is 0.497 e. The monoisotopic (exact) mass is 564 g/mol. The van der Waals surface area contributed by atoms with Crippen LogP contribution in [-0.2, 0) is 9.59 Å². The van der Waals surface area contributed by atoms with Gasteiger partial charge in [0.15, 0.2) is 11.5 Å². The van der Waals surface area contributed by atoms with Crippen LogP contribution in [0.1, 0.15) is 40.3 Å². The van der Waals surface area contributed by atoms with Crippen molar-refractivity contribution in [3.63, 3.8) is 0 Å². The number of rotatable bonds is 9. The predicted octanol–water partition coefficient (Wildman–Crippen LogP) is 5.17. The maximum atomic E-state index is 13.7. The van der Waals surface area contributed by atoms with Gasteiger partial charge >= 0.3 is 5.97 Å². The maximum Gasteiger partial charge on any atom is 0.309 e. The number of carboxylic acid groups (broad SMARTS) is 1. The number of ether oxygens (including phenoxy) is 3. The van der Waals surface area contributed by atoms with E-state index in [2.05, 4.69) is 5.32 Å². The number of likely N-dealkylation sites (tertiary alicyclic amines) is 1. The predicted molar refractivity (Wildman–Crippen MR) is 157 cm³/mol. The zero-order valence-corrected chi connectivity index (χ0v) is 23.2. The average Bonchev–Trinajstić information content (AvgIpc) is 3.65. The second kappa shape index (κ2) is 12.0. The normalized spacial score (nSPS) is 19.5. The topological polar surface area (TPSA) is 97.3 Å². The van der Waals surface area contributed by atoms with Gasteiger partial charge in [0.25, 0.3) is 0 Å². The van der Waals surface area contributed by atoms with Crippen molar-refractivity contribution in [2.75, 3.05) is 27.0 Å². The molecule has 0 radical (unpaired) electrons. The molecule has 0 bridgehead atoms. The summed E-state index contributed by atoms with van der Waals surface area (Å²) in [6.45, 7) is 0.538. The van der Waals surface area contributed by atoms with Crippen molar-refractivity contribution in [2.24, 2.45) is 5.92 Å². The standard InChI is InChI=1S/C34H32N2O6/c1-40-26-15-12-24(13-16-26)33-31(34(38)39)27(25-14-17-28-29(18-25)42-21-41-28)19-36(33)20-30(37)35-32(22-8-4-2-5-9-22)23-10-6-3-7-11-23/h2-18,27,31-33H,19-21H2,1H3,(H,35,37)(H,38,39)/t27-,31-,33+/m1/s1. The van der Waals surface area contributed by atoms with Gasteiger partial charge in [-0.05, 0) is 46.5 Å². The zero-order valence-electron chi connectivity index (χ0n) is 23.2. The van der Waals surface area contributed by atoms with Crippen LogP contribution in [0.25, 0.3) is 0 Å². The van der Waals surface area contributed by atoms with Crippen LogP contribution in [0.5, 0.6) is 17.2 Å². The Balaban J connectivity index is 1.32. The van der Waals surface area contributed by atoms with Gasteiger partial charge in [-0.25, -0.2) is 0 Å². The molecule has 8 nitrogen and oxygen atoms in total. The van der Waals surface area contributed by atoms with Gasteiger partial charge in [-0.1, -0.05) is 78.9 Å². The molecule has 2 aliphatic rings. The van der Waals surface area contributed by atoms with Crippen LogP contribution >= 0.6 is 0 Å². The fraction of sp³-hybridized carbons (Fsp3) is 0.235. The number of hydrogen-bond donors (Lipinski definition) is 2. The van der Waals surface area contributed by atoms with E-state index in [1.165, 1.54) is 0 Å². The molecule has 1 amide bonds. The lowest BCUT2D eigenvalue weighted by Crippen LogP contribution is -2.40. The fourth-order valence-corrected chi connectivity index (χ4v) is 6.11. The van der Waals surface area contributed by atoms with Gasteiger partial charge in [0.05, 0.1) is 25.6 Å². The van der Waals surface area contributed by atoms with Crippen LogP contribution in [0.4, 0.5) is 0 Å². The van der Waals surface area contributed by atoms with Crippen molar-refractivity contribution in [3.05, 3.63) is 125 Å². The highest BCUT2D eigenvalue weighted by molar-refractivity contribution is 5.80. The van der Waals surface area contributed by atoms with Crippen LogP contribution in [0.3, 0.4) is 0 Å². The minimum atomic E-state index is -0.923. The molecule has 0 saturated carbocycles. The summed E-state index contributed by atoms with van der Waals surface area (Å²) < 4.78 is 16.4. The number of hydrogen-bond acceptors (Lipinski definition) is 6. The molecule has 4 aromatic carbocycles. The van der Waals surface area contributed by atoms with E-state index >= 15 is 0 Å². The van der Waals surface area contributed by atoms with E-state index in [-0.39, 0.29) is 31.2 Å². The Hall–Kier alpha value is -4.82. The summed E-state index contributed by atoms with van der Waals surface area (Å²) in [5.74, 6) is -0.383. The Morgan fingerprint density at radius 2 is 1.50 bits per heavy atom. The van der Waals surface area contributed by atoms with E-state index < -0.39 is 17.9 Å². The van der Waals surface area contributed by atoms with Crippen molar-refractivity contribution in [1.82, 2.24) is 10.2 Å². The number of aliphatic carboxylic acids is 1. The Morgan fingerprint density at radius 3 is 2.12 bits per heavy atom. The quantitative estimate of drug-likeness (QED) is 0.290. The number of methoxy groups -OCH3 is 1. The van der Waals surface area contributed by atoms with Crippen molar-refractivity contribution >= 4 is 11.9 Å². The molecule has 2 heterocycles. The highest BCUT2D eigenvalue weighted by atomic mass is 16.7. The number of carbonyl (C=O) groups excluding carboxylic acids is 1. The third kappa shape index (κ3) is 5.53. The van der Waals surface area contributed by atoms with E-state index in [4.69, 9.17) is 14.2 Å². The summed E-state index contributed by atoms with van der Waals surface area (Å²) >= 11 is 0. The van der Waals surface area contributed by atoms with E-state index in [1.807, 2.05) is 108 Å². The lowest BCUT2D eigenvalue weighted by molar-refractivity contribution is -0.143. The first-order valence-electron chi connectivity index (χ1n) is 13.9. The Morgan fingerprint density at radius 1 is 0.881 bits per heavy atom. The lowest BCUT2D eigenvalue weighted by Gasteiger charge is -2.28. The minimum Gasteiger partial charge on any atom is -0.497 e. The molecular weight excluding hydrogens is 532 g/mol. The fourth-order valence-electron chi connectivity index (χ4n) is 6.11. The first-order chi connectivity index (χ1) is 20.5. The summed E-state index contributed by atoms with van der Waals surface area (Å²) in [7, 11) is 1.59. The number of carbonyl (C=O) groups is 2. The molecular formula is C34H32N2O6. The summed E-state index contributed by atoms with van der Waals surface area (Å²) in [6, 6.07) is 31.7. The Labute approximate surface area is 244 Å². The van der Waals surface area contributed by atoms with Gasteiger partial charge in [-0.3, -0.25) is 14.5 Å². The number of nitrogens with zero attached hydrogens (tertiary/aromatic N) is 1. The summed E-state index contributed by atoms with van der Waals surface area (Å²) in [6.07, 6.45) is 0. The molecule has 214 valence electrons. The molecule has 1 fully saturated rings. The first kappa shape index (κ1) is 27.4. The zero-order chi connectivity index (χ0) is 29.1. The molecule has 8 heteroatoms. The SMILES string of the molecule is COc1ccc([C@H]2[C@H](C(=O)O)[C@@H](c3ccc4c(c3)OCO4)CN2CC(=O)NC(c2ccccc2)c2ccccc2)cc1. The Bertz CT molecular complexity index is 1500. The lowest BCUT2D eigenvalue weighted by atomic mass is 9.82. The summed E-state index contributed by atoms with van der Waals surface area (Å²) in [5, 5.41) is 13.8. The molecule has 0 spiro atoms. The number of nitrogens with one attached hydrogen (secondary N) is 1. The molecule has 3 atom stereocenters. The molecule has 0 aliphatic carbocycles. The van der Waals surface area contributed by atoms with Gasteiger partial charge in [0, 0.05) is 18.5 Å². The number of fused-ring (bicyclic) bond motifs is 1. The van der Waals surface area contributed by atoms with E-state index in [0.717, 1.165) is 22.3 Å². The van der Waals surface area contributed by atoms with Crippen molar-refractivity contribution in [2.45, 2.75) is 18.0 Å². The van der Waals surface area contributed by atoms with Gasteiger partial charge in [-0.15, -0.1) is 0 Å². The second-order valence-electron chi connectivity index (χ2n) is 10.6. The van der Waals surface area contributed by atoms with Crippen molar-refractivity contribution in [3.8, 4) is 17.2 Å². The van der Waals surface area contributed by atoms with E-state index in [1.54, 1.807) is 7.11 Å². The highest BCUT2D eigenvalue weighted by Gasteiger charge is 2.48. The van der Waals surface area contributed by atoms with Crippen LogP contribution in [-0.4, -0.2) is 48.9 Å². The summed E-state index contributed by atoms with van der Waals surface area (Å²) in [4.78, 5) is 28.6. The van der Waals surface area contributed by atoms with Crippen molar-refractivity contribution < 1.29 is 28.9 Å². The van der Waals surface area contributed by atoms with E-state index in [0.29, 0.717) is 23.8 Å². The third-order valence-electron chi connectivity index (χ3n) is 8.08. The van der Waals surface area contributed by atoms with Gasteiger partial charge in [0.1, 0.15) is 5.75 Å². The second-order valence-corrected chi connectivity index (χ2v) is 10.6. The average molecular weight is 565 g/mol. The third-order valence-corrected chi connectivity index (χ3v) is 8.08. The highest BCUT2D eigenvalue weighted by Crippen LogP contribution is 2.47. The molecule has 6 rings (SSSR count). The Kier molecular flexibility index (Phi) is 7.79. The minimum absolute atomic E-state index is 0.0255. The molecule has 2 N–H and O–H groups in total. The van der Waals surface area contributed by atoms with Gasteiger partial charge < -0.3 is 24.6 Å². The summed E-state index contributed by atoms with van der Waals surface area (Å²) in [5.41, 5.74) is 3.57. The smallest absolute Gasteiger partial charge is 0.309 e. The van der Waals surface area contributed by atoms with Crippen LogP contribution in [0.2, 0.25) is 0 Å². The maximum absolute atomic E-state index is 13.7. The number of carboxylic acids is 1. The van der Waals surface area contributed by atoms with Crippen LogP contribution in [0.15, 0.2) is 103 Å². The molecule has 0 aromatic heterocycles. The number of amides is 1. The molecule has 2 aliphatic heterocycles. The van der Waals surface area contributed by atoms with E-state index in [9.17, 15) is 14.7 Å². The number of benzene rings is 4.